The van der Waals surface area contributed by atoms with Gasteiger partial charge in [-0.25, -0.2) is 13.6 Å². The number of aldehydes is 1. The SMILES string of the molecule is CC1CN(C(=O)Cn2cc(N3CCCS3=O)n3c(=O)c(OCc4ccccc4)c(C(=O)SC(C=O)Cc4ccc(Cl)c(Cl)c4)nc23)C[C@H](C)O1. The Bertz CT molecular complexity index is 2000. The quantitative estimate of drug-likeness (QED) is 0.202. The van der Waals surface area contributed by atoms with Crippen LogP contribution in [0.25, 0.3) is 5.78 Å². The predicted octanol–water partition coefficient (Wildman–Crippen LogP) is 4.58. The van der Waals surface area contributed by atoms with Crippen LogP contribution in [0.2, 0.25) is 10.0 Å². The van der Waals surface area contributed by atoms with Crippen LogP contribution in [0.3, 0.4) is 0 Å². The van der Waals surface area contributed by atoms with Crippen molar-refractivity contribution in [2.24, 2.45) is 0 Å². The Kier molecular flexibility index (Phi) is 11.3. The van der Waals surface area contributed by atoms with Gasteiger partial charge in [0, 0.05) is 31.6 Å². The normalized spacial score (nSPS) is 19.9. The maximum atomic E-state index is 14.5. The lowest BCUT2D eigenvalue weighted by atomic mass is 10.1. The number of hydrogen-bond acceptors (Lipinski definition) is 9. The number of carbonyl (C=O) groups is 3. The van der Waals surface area contributed by atoms with E-state index in [9.17, 15) is 23.4 Å². The minimum Gasteiger partial charge on any atom is -0.481 e. The molecule has 0 aliphatic carbocycles. The maximum absolute atomic E-state index is 14.5. The number of fused-ring (bicyclic) bond motifs is 1. The van der Waals surface area contributed by atoms with Gasteiger partial charge in [-0.3, -0.25) is 18.7 Å². The van der Waals surface area contributed by atoms with Gasteiger partial charge in [-0.1, -0.05) is 71.4 Å². The van der Waals surface area contributed by atoms with E-state index in [1.807, 2.05) is 44.2 Å². The summed E-state index contributed by atoms with van der Waals surface area (Å²) in [5.41, 5.74) is 0.418. The monoisotopic (exact) mass is 759 g/mol. The number of rotatable bonds is 11. The molecule has 4 heterocycles. The zero-order valence-electron chi connectivity index (χ0n) is 27.3. The minimum absolute atomic E-state index is 0.000228. The molecular weight excluding hydrogens is 725 g/mol. The Morgan fingerprint density at radius 1 is 1.10 bits per heavy atom. The molecule has 3 unspecified atom stereocenters. The van der Waals surface area contributed by atoms with Crippen LogP contribution < -0.4 is 14.6 Å². The molecule has 4 atom stereocenters. The lowest BCUT2D eigenvalue weighted by Crippen LogP contribution is -2.49. The van der Waals surface area contributed by atoms with Crippen molar-refractivity contribution in [1.29, 1.82) is 0 Å². The van der Waals surface area contributed by atoms with E-state index in [1.54, 1.807) is 33.6 Å². The van der Waals surface area contributed by atoms with Crippen LogP contribution >= 0.6 is 35.0 Å². The number of carbonyl (C=O) groups excluding carboxylic acids is 3. The largest absolute Gasteiger partial charge is 0.481 e. The molecule has 0 saturated carbocycles. The zero-order chi connectivity index (χ0) is 35.5. The summed E-state index contributed by atoms with van der Waals surface area (Å²) in [4.78, 5) is 60.7. The zero-order valence-corrected chi connectivity index (χ0v) is 30.5. The lowest BCUT2D eigenvalue weighted by Gasteiger charge is -2.35. The van der Waals surface area contributed by atoms with E-state index in [-0.39, 0.29) is 60.7 Å². The van der Waals surface area contributed by atoms with Crippen molar-refractivity contribution in [1.82, 2.24) is 18.9 Å². The Balaban J connectivity index is 1.42. The first-order chi connectivity index (χ1) is 24.0. The fraction of sp³-hybridized carbons (Fsp3) is 0.382. The molecule has 0 radical (unpaired) electrons. The van der Waals surface area contributed by atoms with Crippen molar-refractivity contribution in [3.63, 3.8) is 0 Å². The van der Waals surface area contributed by atoms with E-state index in [0.717, 1.165) is 5.56 Å². The van der Waals surface area contributed by atoms with E-state index in [4.69, 9.17) is 32.7 Å². The van der Waals surface area contributed by atoms with Crippen LogP contribution in [0.4, 0.5) is 5.82 Å². The molecule has 2 saturated heterocycles. The van der Waals surface area contributed by atoms with Crippen LogP contribution in [0.1, 0.15) is 41.9 Å². The molecule has 2 fully saturated rings. The van der Waals surface area contributed by atoms with E-state index in [1.165, 1.54) is 8.97 Å². The Hall–Kier alpha value is -3.69. The summed E-state index contributed by atoms with van der Waals surface area (Å²) < 4.78 is 29.2. The highest BCUT2D eigenvalue weighted by Crippen LogP contribution is 2.30. The molecule has 12 nitrogen and oxygen atoms in total. The fourth-order valence-corrected chi connectivity index (χ4v) is 8.48. The number of halogens is 2. The topological polar surface area (TPSA) is 133 Å². The summed E-state index contributed by atoms with van der Waals surface area (Å²) in [7, 11) is -1.42. The fourth-order valence-electron chi connectivity index (χ4n) is 6.04. The van der Waals surface area contributed by atoms with Crippen LogP contribution in [0, 0.1) is 0 Å². The summed E-state index contributed by atoms with van der Waals surface area (Å²) in [6, 6.07) is 14.1. The average molecular weight is 761 g/mol. The Labute approximate surface area is 305 Å². The van der Waals surface area contributed by atoms with E-state index >= 15 is 0 Å². The van der Waals surface area contributed by atoms with Gasteiger partial charge >= 0.3 is 5.56 Å². The molecule has 1 amide bonds. The smallest absolute Gasteiger partial charge is 0.303 e. The molecule has 0 spiro atoms. The minimum atomic E-state index is -1.42. The highest BCUT2D eigenvalue weighted by Gasteiger charge is 2.32. The van der Waals surface area contributed by atoms with Crippen molar-refractivity contribution in [3.8, 4) is 5.75 Å². The molecule has 16 heteroatoms. The van der Waals surface area contributed by atoms with Gasteiger partial charge in [0.15, 0.2) is 5.69 Å². The summed E-state index contributed by atoms with van der Waals surface area (Å²) in [6.07, 6.45) is 2.69. The first-order valence-corrected chi connectivity index (χ1v) is 19.0. The molecule has 0 N–H and O–H groups in total. The molecule has 2 aliphatic heterocycles. The van der Waals surface area contributed by atoms with E-state index < -0.39 is 26.9 Å². The Morgan fingerprint density at radius 3 is 2.50 bits per heavy atom. The predicted molar refractivity (Wildman–Crippen MR) is 194 cm³/mol. The summed E-state index contributed by atoms with van der Waals surface area (Å²) >= 11 is 12.9. The maximum Gasteiger partial charge on any atom is 0.303 e. The van der Waals surface area contributed by atoms with Gasteiger partial charge in [0.2, 0.25) is 22.5 Å². The van der Waals surface area contributed by atoms with Crippen LogP contribution in [0.15, 0.2) is 59.5 Å². The molecule has 6 rings (SSSR count). The van der Waals surface area contributed by atoms with Gasteiger partial charge < -0.3 is 23.7 Å². The first-order valence-electron chi connectivity index (χ1n) is 16.0. The van der Waals surface area contributed by atoms with Gasteiger partial charge in [0.05, 0.1) is 27.5 Å². The molecule has 50 heavy (non-hydrogen) atoms. The number of amides is 1. The standard InChI is InChI=1S/C34H35Cl2N5O7S2/c1-21-15-38(16-22(2)48-21)29(43)18-39-17-28(40-11-6-12-50(40)46)41-32(44)31(47-20-23-7-4-3-5-8-23)30(37-34(39)41)33(45)49-25(19-42)13-24-9-10-26(35)27(36)14-24/h3-5,7-10,14,17,19,21-22,25H,6,11-13,15-16,18,20H2,1-2H3/t21-,22?,25?,50?/m0/s1. The highest BCUT2D eigenvalue weighted by molar-refractivity contribution is 8.15. The summed E-state index contributed by atoms with van der Waals surface area (Å²) in [6.45, 7) is 4.73. The highest BCUT2D eigenvalue weighted by atomic mass is 35.5. The van der Waals surface area contributed by atoms with Crippen LogP contribution in [-0.2, 0) is 44.9 Å². The molecule has 2 aromatic carbocycles. The first kappa shape index (κ1) is 36.1. The second kappa shape index (κ2) is 15.7. The van der Waals surface area contributed by atoms with Crippen LogP contribution in [0.5, 0.6) is 5.75 Å². The Morgan fingerprint density at radius 2 is 1.84 bits per heavy atom. The van der Waals surface area contributed by atoms with Crippen molar-refractivity contribution >= 4 is 74.9 Å². The van der Waals surface area contributed by atoms with Gasteiger partial charge in [-0.2, -0.15) is 0 Å². The molecular formula is C34H35Cl2N5O7S2. The number of thioether (sulfide) groups is 1. The van der Waals surface area contributed by atoms with Crippen molar-refractivity contribution in [2.75, 3.05) is 29.7 Å². The lowest BCUT2D eigenvalue weighted by molar-refractivity contribution is -0.143. The number of morpholine rings is 1. The molecule has 2 aliphatic rings. The third kappa shape index (κ3) is 7.94. The number of hydrogen-bond donors (Lipinski definition) is 0. The average Bonchev–Trinajstić information content (AvgIpc) is 3.68. The van der Waals surface area contributed by atoms with Gasteiger partial charge in [-0.15, -0.1) is 0 Å². The van der Waals surface area contributed by atoms with Gasteiger partial charge in [-0.05, 0) is 49.9 Å². The second-order valence-electron chi connectivity index (χ2n) is 12.2. The van der Waals surface area contributed by atoms with E-state index in [2.05, 4.69) is 4.98 Å². The number of ether oxygens (including phenoxy) is 2. The number of aromatic nitrogens is 3. The number of benzene rings is 2. The van der Waals surface area contributed by atoms with Crippen molar-refractivity contribution in [2.45, 2.75) is 57.3 Å². The second-order valence-corrected chi connectivity index (χ2v) is 15.7. The molecule has 264 valence electrons. The third-order valence-electron chi connectivity index (χ3n) is 8.29. The molecule has 4 aromatic rings. The summed E-state index contributed by atoms with van der Waals surface area (Å²) in [5.74, 6) is 0.121. The number of imidazole rings is 1. The van der Waals surface area contributed by atoms with Crippen LogP contribution in [-0.4, -0.2) is 83.2 Å². The summed E-state index contributed by atoms with van der Waals surface area (Å²) in [5, 5.41) is -0.863. The number of nitrogens with zero attached hydrogens (tertiary/aromatic N) is 5. The molecule has 0 bridgehead atoms. The van der Waals surface area contributed by atoms with Crippen molar-refractivity contribution < 1.29 is 28.1 Å². The van der Waals surface area contributed by atoms with Gasteiger partial charge in [0.1, 0.15) is 36.2 Å². The van der Waals surface area contributed by atoms with Gasteiger partial charge in [0.25, 0.3) is 0 Å². The number of anilines is 1. The van der Waals surface area contributed by atoms with Crippen molar-refractivity contribution in [3.05, 3.63) is 91.9 Å². The molecule has 2 aromatic heterocycles. The van der Waals surface area contributed by atoms with E-state index in [0.29, 0.717) is 65.5 Å². The third-order valence-corrected chi connectivity index (χ3v) is 11.5.